The Morgan fingerprint density at radius 3 is 2.80 bits per heavy atom. The molecule has 2 rings (SSSR count). The average Bonchev–Trinajstić information content (AvgIpc) is 2.62. The lowest BCUT2D eigenvalue weighted by molar-refractivity contribution is 0.102. The van der Waals surface area contributed by atoms with Crippen molar-refractivity contribution in [3.05, 3.63) is 30.5 Å². The highest BCUT2D eigenvalue weighted by Crippen LogP contribution is 2.27. The van der Waals surface area contributed by atoms with E-state index in [1.807, 2.05) is 24.3 Å². The lowest BCUT2D eigenvalue weighted by Crippen LogP contribution is -2.40. The van der Waals surface area contributed by atoms with Crippen molar-refractivity contribution < 1.29 is 9.84 Å². The highest BCUT2D eigenvalue weighted by atomic mass is 16.5. The minimum absolute atomic E-state index is 0.431. The second-order valence-corrected chi connectivity index (χ2v) is 6.73. The molecule has 1 heterocycles. The van der Waals surface area contributed by atoms with E-state index < -0.39 is 6.10 Å². The molecule has 1 atom stereocenters. The Hall–Kier alpha value is -1.85. The van der Waals surface area contributed by atoms with Gasteiger partial charge in [0.05, 0.1) is 24.4 Å². The molecule has 2 N–H and O–H groups in total. The molecule has 1 aromatic carbocycles. The summed E-state index contributed by atoms with van der Waals surface area (Å²) in [6.45, 7) is 8.71. The number of ether oxygens (including phenoxy) is 1. The van der Waals surface area contributed by atoms with Crippen LogP contribution in [-0.2, 0) is 0 Å². The number of pyridine rings is 1. The van der Waals surface area contributed by atoms with Gasteiger partial charge in [-0.15, -0.1) is 0 Å². The first-order valence-corrected chi connectivity index (χ1v) is 9.13. The number of aliphatic hydroxyl groups excluding tert-OH is 1. The summed E-state index contributed by atoms with van der Waals surface area (Å²) in [6, 6.07) is 8.25. The molecular weight excluding hydrogens is 314 g/mol. The summed E-state index contributed by atoms with van der Waals surface area (Å²) in [6.07, 6.45) is 3.66. The molecule has 0 amide bonds. The lowest BCUT2D eigenvalue weighted by atomic mass is 10.1. The van der Waals surface area contributed by atoms with Gasteiger partial charge in [-0.3, -0.25) is 9.88 Å². The maximum atomic E-state index is 10.5. The maximum Gasteiger partial charge on any atom is 0.121 e. The van der Waals surface area contributed by atoms with Gasteiger partial charge in [-0.2, -0.15) is 0 Å². The normalized spacial score (nSPS) is 12.8. The monoisotopic (exact) mass is 345 g/mol. The van der Waals surface area contributed by atoms with Gasteiger partial charge in [0.15, 0.2) is 0 Å². The van der Waals surface area contributed by atoms with Crippen LogP contribution in [0, 0.1) is 0 Å². The molecule has 0 radical (unpaired) electrons. The van der Waals surface area contributed by atoms with Crippen LogP contribution in [0.5, 0.6) is 5.75 Å². The number of hydrogen-bond donors (Lipinski definition) is 2. The third-order valence-corrected chi connectivity index (χ3v) is 4.42. The molecule has 25 heavy (non-hydrogen) atoms. The molecule has 0 spiro atoms. The SMILES string of the molecule is CCCCN(CC(O)CNc1cc(OC)cc2cccnc12)C(C)C. The van der Waals surface area contributed by atoms with Crippen molar-refractivity contribution in [1.82, 2.24) is 9.88 Å². The van der Waals surface area contributed by atoms with Crippen LogP contribution in [0.25, 0.3) is 10.9 Å². The topological polar surface area (TPSA) is 57.6 Å². The number of anilines is 1. The number of aromatic nitrogens is 1. The van der Waals surface area contributed by atoms with Crippen LogP contribution in [0.2, 0.25) is 0 Å². The first-order chi connectivity index (χ1) is 12.0. The van der Waals surface area contributed by atoms with Crippen molar-refractivity contribution in [1.29, 1.82) is 0 Å². The third kappa shape index (κ3) is 5.58. The van der Waals surface area contributed by atoms with E-state index in [-0.39, 0.29) is 0 Å². The molecule has 138 valence electrons. The van der Waals surface area contributed by atoms with Gasteiger partial charge < -0.3 is 15.2 Å². The second-order valence-electron chi connectivity index (χ2n) is 6.73. The highest BCUT2D eigenvalue weighted by Gasteiger charge is 2.15. The Morgan fingerprint density at radius 1 is 1.32 bits per heavy atom. The first kappa shape index (κ1) is 19.5. The minimum Gasteiger partial charge on any atom is -0.497 e. The summed E-state index contributed by atoms with van der Waals surface area (Å²) < 4.78 is 5.37. The van der Waals surface area contributed by atoms with Crippen molar-refractivity contribution in [2.45, 2.75) is 45.8 Å². The molecular formula is C20H31N3O2. The van der Waals surface area contributed by atoms with E-state index in [4.69, 9.17) is 4.74 Å². The fourth-order valence-corrected chi connectivity index (χ4v) is 2.90. The van der Waals surface area contributed by atoms with E-state index in [1.54, 1.807) is 13.3 Å². The van der Waals surface area contributed by atoms with E-state index >= 15 is 0 Å². The zero-order valence-electron chi connectivity index (χ0n) is 15.8. The van der Waals surface area contributed by atoms with Gasteiger partial charge in [-0.05, 0) is 38.9 Å². The van der Waals surface area contributed by atoms with Gasteiger partial charge in [0.25, 0.3) is 0 Å². The summed E-state index contributed by atoms with van der Waals surface area (Å²) >= 11 is 0. The number of nitrogens with zero attached hydrogens (tertiary/aromatic N) is 2. The van der Waals surface area contributed by atoms with Crippen LogP contribution in [0.4, 0.5) is 5.69 Å². The van der Waals surface area contributed by atoms with Crippen LogP contribution in [0.1, 0.15) is 33.6 Å². The zero-order valence-corrected chi connectivity index (χ0v) is 15.8. The number of fused-ring (bicyclic) bond motifs is 1. The Morgan fingerprint density at radius 2 is 2.12 bits per heavy atom. The number of nitrogens with one attached hydrogen (secondary N) is 1. The van der Waals surface area contributed by atoms with Gasteiger partial charge >= 0.3 is 0 Å². The number of aliphatic hydroxyl groups is 1. The Labute approximate surface area is 151 Å². The molecule has 0 aliphatic heterocycles. The predicted octanol–water partition coefficient (Wildman–Crippen LogP) is 3.53. The Kier molecular flexibility index (Phi) is 7.47. The van der Waals surface area contributed by atoms with E-state index in [0.29, 0.717) is 19.1 Å². The van der Waals surface area contributed by atoms with E-state index in [9.17, 15) is 5.11 Å². The molecule has 0 bridgehead atoms. The van der Waals surface area contributed by atoms with Gasteiger partial charge in [0.1, 0.15) is 5.75 Å². The summed E-state index contributed by atoms with van der Waals surface area (Å²) in [7, 11) is 1.66. The number of rotatable bonds is 10. The van der Waals surface area contributed by atoms with Crippen LogP contribution < -0.4 is 10.1 Å². The number of methoxy groups -OCH3 is 1. The molecule has 2 aromatic rings. The lowest BCUT2D eigenvalue weighted by Gasteiger charge is -2.29. The van der Waals surface area contributed by atoms with Gasteiger partial charge in [-0.1, -0.05) is 19.4 Å². The molecule has 5 heteroatoms. The predicted molar refractivity (Wildman–Crippen MR) is 104 cm³/mol. The van der Waals surface area contributed by atoms with Crippen LogP contribution in [0.3, 0.4) is 0 Å². The number of benzene rings is 1. The molecule has 0 saturated heterocycles. The zero-order chi connectivity index (χ0) is 18.2. The van der Waals surface area contributed by atoms with E-state index in [0.717, 1.165) is 35.3 Å². The fraction of sp³-hybridized carbons (Fsp3) is 0.550. The molecule has 0 aliphatic rings. The maximum absolute atomic E-state index is 10.5. The molecule has 0 fully saturated rings. The second kappa shape index (κ2) is 9.59. The Bertz CT molecular complexity index is 660. The highest BCUT2D eigenvalue weighted by molar-refractivity contribution is 5.91. The van der Waals surface area contributed by atoms with Crippen molar-refractivity contribution in [2.75, 3.05) is 32.1 Å². The minimum atomic E-state index is -0.441. The molecule has 0 aliphatic carbocycles. The molecule has 0 saturated carbocycles. The van der Waals surface area contributed by atoms with Gasteiger partial charge in [0.2, 0.25) is 0 Å². The first-order valence-electron chi connectivity index (χ1n) is 9.13. The summed E-state index contributed by atoms with van der Waals surface area (Å²) in [5, 5.41) is 14.8. The summed E-state index contributed by atoms with van der Waals surface area (Å²) in [5.41, 5.74) is 1.78. The van der Waals surface area contributed by atoms with Crippen molar-refractivity contribution in [3.8, 4) is 5.75 Å². The summed E-state index contributed by atoms with van der Waals surface area (Å²) in [4.78, 5) is 6.79. The number of unbranched alkanes of at least 4 members (excludes halogenated alkanes) is 1. The van der Waals surface area contributed by atoms with Crippen molar-refractivity contribution in [2.24, 2.45) is 0 Å². The van der Waals surface area contributed by atoms with Crippen LogP contribution in [0.15, 0.2) is 30.5 Å². The third-order valence-electron chi connectivity index (χ3n) is 4.42. The van der Waals surface area contributed by atoms with Crippen LogP contribution in [-0.4, -0.2) is 53.9 Å². The largest absolute Gasteiger partial charge is 0.497 e. The van der Waals surface area contributed by atoms with Crippen molar-refractivity contribution in [3.63, 3.8) is 0 Å². The quantitative estimate of drug-likeness (QED) is 0.690. The van der Waals surface area contributed by atoms with Gasteiger partial charge in [0, 0.05) is 36.8 Å². The van der Waals surface area contributed by atoms with E-state index in [2.05, 4.69) is 36.0 Å². The summed E-state index contributed by atoms with van der Waals surface area (Å²) in [5.74, 6) is 0.782. The van der Waals surface area contributed by atoms with Crippen molar-refractivity contribution >= 4 is 16.6 Å². The molecule has 1 aromatic heterocycles. The van der Waals surface area contributed by atoms with E-state index in [1.165, 1.54) is 6.42 Å². The standard InChI is InChI=1S/C20H31N3O2/c1-5-6-10-23(15(2)3)14-17(24)13-22-19-12-18(25-4)11-16-8-7-9-21-20(16)19/h7-9,11-12,15,17,22,24H,5-6,10,13-14H2,1-4H3. The average molecular weight is 345 g/mol. The fourth-order valence-electron chi connectivity index (χ4n) is 2.90. The number of hydrogen-bond acceptors (Lipinski definition) is 5. The molecule has 1 unspecified atom stereocenters. The smallest absolute Gasteiger partial charge is 0.121 e. The van der Waals surface area contributed by atoms with Gasteiger partial charge in [-0.25, -0.2) is 0 Å². The van der Waals surface area contributed by atoms with Crippen LogP contribution >= 0.6 is 0 Å². The molecule has 5 nitrogen and oxygen atoms in total. The Balaban J connectivity index is 2.03.